The van der Waals surface area contributed by atoms with Crippen molar-refractivity contribution in [2.45, 2.75) is 35.5 Å². The van der Waals surface area contributed by atoms with Crippen LogP contribution in [0.4, 0.5) is 0 Å². The van der Waals surface area contributed by atoms with Crippen LogP contribution in [0.25, 0.3) is 0 Å². The number of alkyl halides is 1. The normalized spacial score (nSPS) is 30.9. The fourth-order valence-electron chi connectivity index (χ4n) is 0.633. The quantitative estimate of drug-likeness (QED) is 0.619. The van der Waals surface area contributed by atoms with Gasteiger partial charge in [0.05, 0.1) is 5.25 Å². The van der Waals surface area contributed by atoms with E-state index in [2.05, 4.69) is 27.3 Å². The summed E-state index contributed by atoms with van der Waals surface area (Å²) in [5.41, 5.74) is 0. The predicted octanol–water partition coefficient (Wildman–Crippen LogP) is 0.890. The van der Waals surface area contributed by atoms with Crippen molar-refractivity contribution >= 4 is 32.6 Å². The van der Waals surface area contributed by atoms with Gasteiger partial charge in [-0.25, -0.2) is 13.1 Å². The molecule has 1 fully saturated rings. The molecule has 0 bridgehead atoms. The topological polar surface area (TPSA) is 46.2 Å². The van der Waals surface area contributed by atoms with E-state index in [9.17, 15) is 8.42 Å². The molecule has 0 aromatic carbocycles. The molecule has 1 N–H and O–H groups in total. The van der Waals surface area contributed by atoms with Crippen molar-refractivity contribution in [1.29, 1.82) is 0 Å². The summed E-state index contributed by atoms with van der Waals surface area (Å²) in [5, 5.41) is -0.313. The van der Waals surface area contributed by atoms with Crippen LogP contribution in [0.5, 0.6) is 0 Å². The van der Waals surface area contributed by atoms with Gasteiger partial charge in [0.1, 0.15) is 0 Å². The first-order valence-electron chi connectivity index (χ1n) is 3.58. The summed E-state index contributed by atoms with van der Waals surface area (Å²) in [6.07, 6.45) is 0.979. The van der Waals surface area contributed by atoms with Crippen LogP contribution in [0.15, 0.2) is 0 Å². The molecular formula is C6H12INO2S. The Morgan fingerprint density at radius 3 is 2.27 bits per heavy atom. The van der Waals surface area contributed by atoms with Crippen molar-refractivity contribution in [3.63, 3.8) is 0 Å². The van der Waals surface area contributed by atoms with Crippen LogP contribution in [0.3, 0.4) is 0 Å². The first-order chi connectivity index (χ1) is 4.93. The number of hydrogen-bond acceptors (Lipinski definition) is 2. The number of sulfonamides is 1. The van der Waals surface area contributed by atoms with Crippen LogP contribution in [0.2, 0.25) is 0 Å². The second-order valence-electron chi connectivity index (χ2n) is 3.07. The van der Waals surface area contributed by atoms with E-state index in [1.807, 2.05) is 0 Å². The summed E-state index contributed by atoms with van der Waals surface area (Å²) >= 11 is 2.25. The zero-order chi connectivity index (χ0) is 8.65. The lowest BCUT2D eigenvalue weighted by Crippen LogP contribution is -2.33. The molecule has 3 nitrogen and oxygen atoms in total. The molecule has 2 unspecified atom stereocenters. The Morgan fingerprint density at radius 1 is 1.55 bits per heavy atom. The molecule has 11 heavy (non-hydrogen) atoms. The lowest BCUT2D eigenvalue weighted by atomic mass is 10.6. The summed E-state index contributed by atoms with van der Waals surface area (Å²) in [6.45, 7) is 3.37. The summed E-state index contributed by atoms with van der Waals surface area (Å²) in [4.78, 5) is 0. The van der Waals surface area contributed by atoms with Crippen LogP contribution in [-0.4, -0.2) is 23.6 Å². The molecule has 2 atom stereocenters. The third-order valence-corrected chi connectivity index (χ3v) is 4.90. The Bertz CT molecular complexity index is 237. The summed E-state index contributed by atoms with van der Waals surface area (Å²) < 4.78 is 25.6. The van der Waals surface area contributed by atoms with Gasteiger partial charge in [-0.15, -0.1) is 0 Å². The molecule has 0 heterocycles. The molecule has 0 aliphatic heterocycles. The fourth-order valence-corrected chi connectivity index (χ4v) is 2.56. The highest BCUT2D eigenvalue weighted by Crippen LogP contribution is 2.31. The van der Waals surface area contributed by atoms with Gasteiger partial charge >= 0.3 is 0 Å². The van der Waals surface area contributed by atoms with Crippen LogP contribution in [0.1, 0.15) is 20.3 Å². The number of nitrogens with one attached hydrogen (secondary N) is 1. The standard InChI is InChI=1S/C6H12INO2S/c1-4(2)11(9,10)8-6-3-5(6)7/h4-6,8H,3H2,1-2H3. The molecule has 0 amide bonds. The summed E-state index contributed by atoms with van der Waals surface area (Å²) in [5.74, 6) is 0. The molecule has 1 saturated carbocycles. The minimum Gasteiger partial charge on any atom is -0.212 e. The van der Waals surface area contributed by atoms with Crippen molar-refractivity contribution in [2.75, 3.05) is 0 Å². The first-order valence-corrected chi connectivity index (χ1v) is 6.38. The van der Waals surface area contributed by atoms with Gasteiger partial charge in [-0.2, -0.15) is 0 Å². The Hall–Kier alpha value is 0.640. The summed E-state index contributed by atoms with van der Waals surface area (Å²) in [6, 6.07) is 0.197. The van der Waals surface area contributed by atoms with E-state index < -0.39 is 10.0 Å². The molecule has 0 radical (unpaired) electrons. The minimum atomic E-state index is -3.02. The third kappa shape index (κ3) is 2.55. The van der Waals surface area contributed by atoms with E-state index >= 15 is 0 Å². The average Bonchev–Trinajstić information content (AvgIpc) is 2.45. The van der Waals surface area contributed by atoms with Crippen molar-refractivity contribution in [3.8, 4) is 0 Å². The number of hydrogen-bond donors (Lipinski definition) is 1. The maximum Gasteiger partial charge on any atom is 0.214 e. The Labute approximate surface area is 81.1 Å². The van der Waals surface area contributed by atoms with E-state index in [0.717, 1.165) is 6.42 Å². The zero-order valence-corrected chi connectivity index (χ0v) is 9.52. The highest BCUT2D eigenvalue weighted by atomic mass is 127. The van der Waals surface area contributed by atoms with Crippen molar-refractivity contribution < 1.29 is 8.42 Å². The lowest BCUT2D eigenvalue weighted by molar-refractivity contribution is 0.572. The van der Waals surface area contributed by atoms with Crippen LogP contribution in [-0.2, 0) is 10.0 Å². The molecule has 1 aliphatic carbocycles. The van der Waals surface area contributed by atoms with Gasteiger partial charge in [0.2, 0.25) is 10.0 Å². The predicted molar refractivity (Wildman–Crippen MR) is 53.4 cm³/mol. The molecule has 0 saturated heterocycles. The zero-order valence-electron chi connectivity index (χ0n) is 6.54. The Kier molecular flexibility index (Phi) is 2.81. The summed E-state index contributed by atoms with van der Waals surface area (Å²) in [7, 11) is -3.02. The molecular weight excluding hydrogens is 277 g/mol. The molecule has 0 aromatic heterocycles. The van der Waals surface area contributed by atoms with Gasteiger partial charge in [0, 0.05) is 9.97 Å². The van der Waals surface area contributed by atoms with Crippen LogP contribution in [0, 0.1) is 0 Å². The molecule has 66 valence electrons. The van der Waals surface area contributed by atoms with Gasteiger partial charge in [-0.3, -0.25) is 0 Å². The molecule has 0 aromatic rings. The van der Waals surface area contributed by atoms with Gasteiger partial charge < -0.3 is 0 Å². The van der Waals surface area contributed by atoms with Crippen LogP contribution >= 0.6 is 22.6 Å². The van der Waals surface area contributed by atoms with Gasteiger partial charge in [-0.05, 0) is 20.3 Å². The van der Waals surface area contributed by atoms with Crippen LogP contribution < -0.4 is 4.72 Å². The fraction of sp³-hybridized carbons (Fsp3) is 1.00. The van der Waals surface area contributed by atoms with Gasteiger partial charge in [-0.1, -0.05) is 22.6 Å². The number of halogens is 1. The molecule has 5 heteroatoms. The third-order valence-electron chi connectivity index (χ3n) is 1.65. The monoisotopic (exact) mass is 289 g/mol. The highest BCUT2D eigenvalue weighted by molar-refractivity contribution is 14.1. The number of rotatable bonds is 3. The van der Waals surface area contributed by atoms with E-state index in [1.54, 1.807) is 13.8 Å². The van der Waals surface area contributed by atoms with Gasteiger partial charge in [0.15, 0.2) is 0 Å². The molecule has 0 spiro atoms. The molecule has 1 rings (SSSR count). The van der Waals surface area contributed by atoms with Crippen molar-refractivity contribution in [1.82, 2.24) is 4.72 Å². The Balaban J connectivity index is 2.48. The first kappa shape index (κ1) is 9.73. The second kappa shape index (κ2) is 3.18. The maximum atomic E-state index is 11.2. The van der Waals surface area contributed by atoms with Crippen molar-refractivity contribution in [3.05, 3.63) is 0 Å². The minimum absolute atomic E-state index is 0.197. The van der Waals surface area contributed by atoms with E-state index in [-0.39, 0.29) is 11.3 Å². The average molecular weight is 289 g/mol. The smallest absolute Gasteiger partial charge is 0.212 e. The van der Waals surface area contributed by atoms with E-state index in [4.69, 9.17) is 0 Å². The second-order valence-corrected chi connectivity index (χ2v) is 6.94. The van der Waals surface area contributed by atoms with Crippen molar-refractivity contribution in [2.24, 2.45) is 0 Å². The largest absolute Gasteiger partial charge is 0.214 e. The van der Waals surface area contributed by atoms with Gasteiger partial charge in [0.25, 0.3) is 0 Å². The lowest BCUT2D eigenvalue weighted by Gasteiger charge is -2.07. The maximum absolute atomic E-state index is 11.2. The highest BCUT2D eigenvalue weighted by Gasteiger charge is 2.38. The Morgan fingerprint density at radius 2 is 2.00 bits per heavy atom. The SMILES string of the molecule is CC(C)S(=O)(=O)NC1CC1I. The molecule has 1 aliphatic rings. The van der Waals surface area contributed by atoms with E-state index in [0.29, 0.717) is 3.92 Å². The van der Waals surface area contributed by atoms with E-state index in [1.165, 1.54) is 0 Å².